The molecule has 9 heteroatoms. The van der Waals surface area contributed by atoms with E-state index in [9.17, 15) is 19.2 Å². The van der Waals surface area contributed by atoms with Crippen molar-refractivity contribution in [3.8, 4) is 0 Å². The number of carbonyl (C=O) groups excluding carboxylic acids is 3. The second-order valence-corrected chi connectivity index (χ2v) is 9.64. The predicted octanol–water partition coefficient (Wildman–Crippen LogP) is 2.73. The minimum Gasteiger partial charge on any atom is -0.481 e. The lowest BCUT2D eigenvalue weighted by molar-refractivity contribution is -0.142. The molecule has 3 N–H and O–H groups in total. The van der Waals surface area contributed by atoms with E-state index in [1.165, 1.54) is 5.56 Å². The third kappa shape index (κ3) is 9.80. The van der Waals surface area contributed by atoms with Crippen molar-refractivity contribution in [2.45, 2.75) is 70.9 Å². The molecule has 1 aromatic carbocycles. The standard InChI is InChI=1S/C25H37N3O6/c1-25(2,3)34-24(33)26-13-7-12-21(29)27-17-20-15-19(16-22(30)31)23(32)28(20)14-8-11-18-9-5-4-6-10-18/h4-6,9-10,19-20H,7-8,11-17H2,1-3H3,(H,26,33)(H,27,29)(H,30,31)/t19-,20-/m0/s1. The quantitative estimate of drug-likeness (QED) is 0.399. The van der Waals surface area contributed by atoms with E-state index >= 15 is 0 Å². The number of aryl methyl sites for hydroxylation is 1. The molecule has 1 heterocycles. The molecule has 1 aliphatic rings. The lowest BCUT2D eigenvalue weighted by Gasteiger charge is -2.25. The summed E-state index contributed by atoms with van der Waals surface area (Å²) in [6.45, 7) is 6.45. The van der Waals surface area contributed by atoms with Crippen LogP contribution in [-0.4, -0.2) is 65.2 Å². The van der Waals surface area contributed by atoms with Crippen molar-refractivity contribution in [3.05, 3.63) is 35.9 Å². The van der Waals surface area contributed by atoms with Gasteiger partial charge in [-0.1, -0.05) is 30.3 Å². The van der Waals surface area contributed by atoms with Gasteiger partial charge < -0.3 is 25.4 Å². The third-order valence-electron chi connectivity index (χ3n) is 5.54. The number of likely N-dealkylation sites (tertiary alicyclic amines) is 1. The smallest absolute Gasteiger partial charge is 0.407 e. The van der Waals surface area contributed by atoms with Crippen LogP contribution in [0.2, 0.25) is 0 Å². The number of carbonyl (C=O) groups is 4. The fourth-order valence-electron chi connectivity index (χ4n) is 4.01. The molecule has 0 spiro atoms. The molecule has 2 rings (SSSR count). The molecule has 188 valence electrons. The van der Waals surface area contributed by atoms with Crippen LogP contribution in [0.3, 0.4) is 0 Å². The van der Waals surface area contributed by atoms with Gasteiger partial charge in [0, 0.05) is 32.1 Å². The molecular weight excluding hydrogens is 438 g/mol. The third-order valence-corrected chi connectivity index (χ3v) is 5.54. The lowest BCUT2D eigenvalue weighted by Crippen LogP contribution is -2.42. The fraction of sp³-hybridized carbons (Fsp3) is 0.600. The Morgan fingerprint density at radius 3 is 2.47 bits per heavy atom. The van der Waals surface area contributed by atoms with E-state index in [0.717, 1.165) is 12.8 Å². The number of carboxylic acids is 1. The van der Waals surface area contributed by atoms with Crippen LogP contribution in [0.25, 0.3) is 0 Å². The highest BCUT2D eigenvalue weighted by Gasteiger charge is 2.40. The minimum atomic E-state index is -0.996. The van der Waals surface area contributed by atoms with Crippen molar-refractivity contribution in [1.29, 1.82) is 0 Å². The number of nitrogens with zero attached hydrogens (tertiary/aromatic N) is 1. The number of aliphatic carboxylic acids is 1. The number of amides is 3. The Morgan fingerprint density at radius 1 is 1.12 bits per heavy atom. The molecule has 1 aromatic rings. The van der Waals surface area contributed by atoms with E-state index in [1.807, 2.05) is 30.3 Å². The topological polar surface area (TPSA) is 125 Å². The Kier molecular flexibility index (Phi) is 10.3. The van der Waals surface area contributed by atoms with Gasteiger partial charge in [0.15, 0.2) is 0 Å². The first kappa shape index (κ1) is 27.1. The Hall–Kier alpha value is -3.10. The SMILES string of the molecule is CC(C)(C)OC(=O)NCCCC(=O)NC[C@@H]1C[C@@H](CC(=O)O)C(=O)N1CCCc1ccccc1. The molecule has 34 heavy (non-hydrogen) atoms. The van der Waals surface area contributed by atoms with Crippen LogP contribution >= 0.6 is 0 Å². The molecule has 0 radical (unpaired) electrons. The maximum Gasteiger partial charge on any atom is 0.407 e. The van der Waals surface area contributed by atoms with Gasteiger partial charge in [-0.15, -0.1) is 0 Å². The van der Waals surface area contributed by atoms with Gasteiger partial charge in [0.05, 0.1) is 12.3 Å². The second kappa shape index (κ2) is 13.0. The Balaban J connectivity index is 1.79. The monoisotopic (exact) mass is 475 g/mol. The van der Waals surface area contributed by atoms with Crippen LogP contribution in [0.5, 0.6) is 0 Å². The zero-order valence-electron chi connectivity index (χ0n) is 20.3. The van der Waals surface area contributed by atoms with Crippen LogP contribution in [0.1, 0.15) is 58.4 Å². The van der Waals surface area contributed by atoms with Crippen molar-refractivity contribution in [1.82, 2.24) is 15.5 Å². The number of carboxylic acid groups (broad SMARTS) is 1. The van der Waals surface area contributed by atoms with E-state index in [4.69, 9.17) is 9.84 Å². The maximum absolute atomic E-state index is 12.8. The van der Waals surface area contributed by atoms with E-state index in [0.29, 0.717) is 25.9 Å². The van der Waals surface area contributed by atoms with Gasteiger partial charge in [0.25, 0.3) is 0 Å². The first-order chi connectivity index (χ1) is 16.0. The van der Waals surface area contributed by atoms with Crippen LogP contribution < -0.4 is 10.6 Å². The summed E-state index contributed by atoms with van der Waals surface area (Å²) in [5.74, 6) is -1.89. The van der Waals surface area contributed by atoms with E-state index in [1.54, 1.807) is 25.7 Å². The largest absolute Gasteiger partial charge is 0.481 e. The molecular formula is C25H37N3O6. The van der Waals surface area contributed by atoms with Crippen LogP contribution in [0.15, 0.2) is 30.3 Å². The number of hydrogen-bond donors (Lipinski definition) is 3. The van der Waals surface area contributed by atoms with Crippen molar-refractivity contribution in [2.24, 2.45) is 5.92 Å². The Bertz CT molecular complexity index is 837. The molecule has 1 fully saturated rings. The molecule has 1 aliphatic heterocycles. The molecule has 0 bridgehead atoms. The molecule has 0 unspecified atom stereocenters. The number of hydrogen-bond acceptors (Lipinski definition) is 5. The molecule has 1 saturated heterocycles. The highest BCUT2D eigenvalue weighted by molar-refractivity contribution is 5.85. The van der Waals surface area contributed by atoms with E-state index in [2.05, 4.69) is 10.6 Å². The molecule has 2 atom stereocenters. The molecule has 0 aliphatic carbocycles. The van der Waals surface area contributed by atoms with Crippen molar-refractivity contribution in [2.75, 3.05) is 19.6 Å². The number of rotatable bonds is 12. The number of alkyl carbamates (subject to hydrolysis) is 1. The van der Waals surface area contributed by atoms with Crippen LogP contribution in [0, 0.1) is 5.92 Å². The average Bonchev–Trinajstić information content (AvgIpc) is 3.03. The first-order valence-electron chi connectivity index (χ1n) is 11.8. The average molecular weight is 476 g/mol. The molecule has 3 amide bonds. The van der Waals surface area contributed by atoms with Crippen molar-refractivity contribution in [3.63, 3.8) is 0 Å². The molecule has 0 saturated carbocycles. The Morgan fingerprint density at radius 2 is 1.82 bits per heavy atom. The number of ether oxygens (including phenoxy) is 1. The highest BCUT2D eigenvalue weighted by atomic mass is 16.6. The lowest BCUT2D eigenvalue weighted by atomic mass is 10.0. The van der Waals surface area contributed by atoms with Crippen LogP contribution in [-0.2, 0) is 25.5 Å². The predicted molar refractivity (Wildman–Crippen MR) is 127 cm³/mol. The summed E-state index contributed by atoms with van der Waals surface area (Å²) in [6, 6.07) is 9.75. The normalized spacial score (nSPS) is 18.0. The fourth-order valence-corrected chi connectivity index (χ4v) is 4.01. The molecule has 0 aromatic heterocycles. The Labute approximate surface area is 201 Å². The zero-order valence-corrected chi connectivity index (χ0v) is 20.3. The summed E-state index contributed by atoms with van der Waals surface area (Å²) >= 11 is 0. The van der Waals surface area contributed by atoms with Gasteiger partial charge in [-0.05, 0) is 52.0 Å². The summed E-state index contributed by atoms with van der Waals surface area (Å²) in [5.41, 5.74) is 0.604. The van der Waals surface area contributed by atoms with Gasteiger partial charge in [-0.3, -0.25) is 14.4 Å². The van der Waals surface area contributed by atoms with Gasteiger partial charge in [-0.25, -0.2) is 4.79 Å². The number of nitrogens with one attached hydrogen (secondary N) is 2. The maximum atomic E-state index is 12.8. The summed E-state index contributed by atoms with van der Waals surface area (Å²) in [4.78, 5) is 49.6. The molecule has 9 nitrogen and oxygen atoms in total. The summed E-state index contributed by atoms with van der Waals surface area (Å²) in [5, 5.41) is 14.6. The second-order valence-electron chi connectivity index (χ2n) is 9.64. The summed E-state index contributed by atoms with van der Waals surface area (Å²) in [6.07, 6.45) is 1.95. The van der Waals surface area contributed by atoms with Gasteiger partial charge >= 0.3 is 12.1 Å². The zero-order chi connectivity index (χ0) is 25.1. The van der Waals surface area contributed by atoms with Gasteiger partial charge in [0.2, 0.25) is 11.8 Å². The van der Waals surface area contributed by atoms with Crippen molar-refractivity contribution < 1.29 is 29.0 Å². The van der Waals surface area contributed by atoms with Crippen molar-refractivity contribution >= 4 is 23.9 Å². The number of benzene rings is 1. The van der Waals surface area contributed by atoms with E-state index in [-0.39, 0.29) is 37.2 Å². The van der Waals surface area contributed by atoms with Crippen LogP contribution in [0.4, 0.5) is 4.79 Å². The van der Waals surface area contributed by atoms with Gasteiger partial charge in [-0.2, -0.15) is 0 Å². The van der Waals surface area contributed by atoms with Gasteiger partial charge in [0.1, 0.15) is 5.60 Å². The summed E-state index contributed by atoms with van der Waals surface area (Å²) in [7, 11) is 0. The first-order valence-corrected chi connectivity index (χ1v) is 11.8. The summed E-state index contributed by atoms with van der Waals surface area (Å²) < 4.78 is 5.15. The highest BCUT2D eigenvalue weighted by Crippen LogP contribution is 2.27. The van der Waals surface area contributed by atoms with E-state index < -0.39 is 23.6 Å². The minimum absolute atomic E-state index is 0.156.